The van der Waals surface area contributed by atoms with Gasteiger partial charge in [-0.25, -0.2) is 0 Å². The quantitative estimate of drug-likeness (QED) is 0.0390. The average Bonchev–Trinajstić information content (AvgIpc) is 3.60. The first-order valence-corrected chi connectivity index (χ1v) is 20.7. The lowest BCUT2D eigenvalue weighted by Crippen LogP contribution is -2.43. The van der Waals surface area contributed by atoms with Crippen molar-refractivity contribution in [1.82, 2.24) is 25.6 Å². The summed E-state index contributed by atoms with van der Waals surface area (Å²) in [5.41, 5.74) is 10.2. The van der Waals surface area contributed by atoms with Crippen LogP contribution >= 0.6 is 24.4 Å². The topological polar surface area (TPSA) is 193 Å². The number of aromatic hydroxyl groups is 4. The first kappa shape index (κ1) is 47.5. The van der Waals surface area contributed by atoms with E-state index >= 15 is 0 Å². The number of hydrogen-bond acceptors (Lipinski definition) is 12. The van der Waals surface area contributed by atoms with Crippen molar-refractivity contribution in [3.05, 3.63) is 82.1 Å². The maximum atomic E-state index is 12.5. The predicted molar refractivity (Wildman–Crippen MR) is 249 cm³/mol. The molecule has 8 N–H and O–H groups in total. The van der Waals surface area contributed by atoms with Crippen LogP contribution in [0.4, 0.5) is 17.1 Å². The summed E-state index contributed by atoms with van der Waals surface area (Å²) >= 11 is 10.8. The highest BCUT2D eigenvalue weighted by atomic mass is 32.1. The highest BCUT2D eigenvalue weighted by Crippen LogP contribution is 2.39. The Balaban J connectivity index is 0.000000269. The summed E-state index contributed by atoms with van der Waals surface area (Å²) < 4.78 is 13.1. The second-order valence-corrected chi connectivity index (χ2v) is 15.8. The molecule has 0 aliphatic heterocycles. The molecule has 1 amide bonds. The molecule has 0 unspecified atom stereocenters. The Morgan fingerprint density at radius 2 is 1.31 bits per heavy atom. The van der Waals surface area contributed by atoms with Crippen molar-refractivity contribution in [1.29, 1.82) is 0 Å². The number of anilines is 3. The predicted octanol–water partition coefficient (Wildman–Crippen LogP) is 8.69. The van der Waals surface area contributed by atoms with Crippen LogP contribution in [0.5, 0.6) is 34.5 Å². The minimum Gasteiger partial charge on any atom is -0.508 e. The van der Waals surface area contributed by atoms with Gasteiger partial charge in [0.2, 0.25) is 0 Å². The number of methoxy groups -OCH3 is 2. The summed E-state index contributed by atoms with van der Waals surface area (Å²) in [6, 6.07) is 17.1. The first-order chi connectivity index (χ1) is 28.9. The van der Waals surface area contributed by atoms with Gasteiger partial charge in [-0.3, -0.25) is 25.3 Å². The van der Waals surface area contributed by atoms with Gasteiger partial charge < -0.3 is 45.0 Å². The van der Waals surface area contributed by atoms with Crippen molar-refractivity contribution in [2.24, 2.45) is 0 Å². The molecule has 0 atom stereocenters. The lowest BCUT2D eigenvalue weighted by atomic mass is 9.98. The summed E-state index contributed by atoms with van der Waals surface area (Å²) in [4.78, 5) is 16.7. The number of rotatable bonds is 14. The fourth-order valence-electron chi connectivity index (χ4n) is 6.63. The SMILES string of the molecule is CCCN(C)c1cc(-n2c(-c3cc(C(C)C)c(O)cc3O)n[nH]c2=S)ccc1OC.CCCN(C)c1cc(NC(=S)NNC(=O)c2cc(C(C)C)c(O)cc2O)ccc1OC. The highest BCUT2D eigenvalue weighted by molar-refractivity contribution is 7.80. The Morgan fingerprint density at radius 3 is 1.87 bits per heavy atom. The van der Waals surface area contributed by atoms with E-state index in [4.69, 9.17) is 33.9 Å². The number of aromatic amines is 1. The third-order valence-corrected chi connectivity index (χ3v) is 10.3. The Kier molecular flexibility index (Phi) is 16.6. The lowest BCUT2D eigenvalue weighted by Gasteiger charge is -2.22. The monoisotopic (exact) mass is 874 g/mol. The van der Waals surface area contributed by atoms with Crippen LogP contribution in [0.25, 0.3) is 17.1 Å². The normalized spacial score (nSPS) is 10.8. The number of ether oxygens (including phenoxy) is 2. The summed E-state index contributed by atoms with van der Waals surface area (Å²) in [6.45, 7) is 13.7. The molecule has 1 heterocycles. The number of H-pyrrole nitrogens is 1. The van der Waals surface area contributed by atoms with E-state index in [9.17, 15) is 25.2 Å². The standard InChI is InChI=1S/C22H30N4O4S.C22H28N4O3S/c1-6-9-26(4)17-10-14(7-8-20(17)30-5)23-22(31)25-24-21(29)16-11-15(13(2)3)18(27)12-19(16)28;1-6-9-25(4)17-10-14(7-8-20(17)29-5)26-21(23-24-22(26)30)16-11-15(13(2)3)18(27)12-19(16)28/h7-8,10-13,27-28H,6,9H2,1-5H3,(H,24,29)(H2,23,25,31);7-8,10-13,27-28H,6,9H2,1-5H3,(H,24,30). The van der Waals surface area contributed by atoms with Gasteiger partial charge in [-0.15, -0.1) is 0 Å². The number of hydrazine groups is 1. The number of carbonyl (C=O) groups excluding carboxylic acids is 1. The van der Waals surface area contributed by atoms with Crippen molar-refractivity contribution < 1.29 is 34.7 Å². The van der Waals surface area contributed by atoms with Crippen LogP contribution in [0.2, 0.25) is 0 Å². The van der Waals surface area contributed by atoms with Gasteiger partial charge in [-0.05, 0) is 109 Å². The van der Waals surface area contributed by atoms with Crippen LogP contribution < -0.4 is 35.4 Å². The van der Waals surface area contributed by atoms with E-state index in [0.29, 0.717) is 21.7 Å². The number of carbonyl (C=O) groups is 1. The molecule has 0 fully saturated rings. The second-order valence-electron chi connectivity index (χ2n) is 15.0. The van der Waals surface area contributed by atoms with E-state index in [1.165, 1.54) is 12.1 Å². The van der Waals surface area contributed by atoms with E-state index in [1.807, 2.05) is 78.2 Å². The van der Waals surface area contributed by atoms with Crippen molar-refractivity contribution in [3.63, 3.8) is 0 Å². The largest absolute Gasteiger partial charge is 0.508 e. The van der Waals surface area contributed by atoms with E-state index < -0.39 is 5.91 Å². The number of amides is 1. The second kappa shape index (κ2) is 21.4. The molecule has 328 valence electrons. The number of phenols is 4. The van der Waals surface area contributed by atoms with Gasteiger partial charge in [0.15, 0.2) is 15.7 Å². The molecule has 4 aromatic carbocycles. The molecular formula is C44H58N8O7S2. The highest BCUT2D eigenvalue weighted by Gasteiger charge is 2.21. The number of phenolic OH excluding ortho intramolecular Hbond substituents is 4. The van der Waals surface area contributed by atoms with Crippen LogP contribution in [0.15, 0.2) is 60.7 Å². The van der Waals surface area contributed by atoms with Crippen molar-refractivity contribution in [2.45, 2.75) is 66.2 Å². The maximum absolute atomic E-state index is 12.5. The molecule has 0 spiro atoms. The molecule has 0 aliphatic rings. The smallest absolute Gasteiger partial charge is 0.273 e. The Hall–Kier alpha value is -6.20. The first-order valence-electron chi connectivity index (χ1n) is 19.9. The van der Waals surface area contributed by atoms with Crippen molar-refractivity contribution in [2.75, 3.05) is 56.5 Å². The van der Waals surface area contributed by atoms with Crippen LogP contribution in [0.3, 0.4) is 0 Å². The van der Waals surface area contributed by atoms with Gasteiger partial charge in [0.05, 0.1) is 42.4 Å². The zero-order valence-electron chi connectivity index (χ0n) is 36.4. The molecule has 5 aromatic rings. The van der Waals surface area contributed by atoms with Crippen molar-refractivity contribution >= 4 is 52.5 Å². The zero-order valence-corrected chi connectivity index (χ0v) is 38.0. The fraction of sp³-hybridized carbons (Fsp3) is 0.364. The molecule has 0 radical (unpaired) electrons. The summed E-state index contributed by atoms with van der Waals surface area (Å²) in [6.07, 6.45) is 1.99. The Labute approximate surface area is 367 Å². The van der Waals surface area contributed by atoms with E-state index in [2.05, 4.69) is 50.0 Å². The summed E-state index contributed by atoms with van der Waals surface area (Å²) in [5, 5.41) is 51.1. The van der Waals surface area contributed by atoms with Gasteiger partial charge in [0.1, 0.15) is 34.5 Å². The van der Waals surface area contributed by atoms with Crippen LogP contribution in [-0.2, 0) is 0 Å². The number of thiocarbonyl (C=S) groups is 1. The van der Waals surface area contributed by atoms with Crippen LogP contribution in [-0.4, -0.2) is 87.6 Å². The third kappa shape index (κ3) is 11.5. The summed E-state index contributed by atoms with van der Waals surface area (Å²) in [5.74, 6) is 1.07. The minimum absolute atomic E-state index is 0.0158. The molecule has 0 aliphatic carbocycles. The number of hydrogen-bond donors (Lipinski definition) is 8. The number of benzene rings is 4. The van der Waals surface area contributed by atoms with Gasteiger partial charge in [0, 0.05) is 45.0 Å². The summed E-state index contributed by atoms with van der Waals surface area (Å²) in [7, 11) is 7.27. The number of nitrogens with zero attached hydrogens (tertiary/aromatic N) is 4. The van der Waals surface area contributed by atoms with E-state index in [1.54, 1.807) is 24.9 Å². The lowest BCUT2D eigenvalue weighted by molar-refractivity contribution is 0.0941. The molecule has 17 heteroatoms. The number of nitrogens with one attached hydrogen (secondary N) is 4. The Morgan fingerprint density at radius 1 is 0.770 bits per heavy atom. The van der Waals surface area contributed by atoms with E-state index in [-0.39, 0.29) is 45.5 Å². The molecular weight excluding hydrogens is 817 g/mol. The molecule has 1 aromatic heterocycles. The average molecular weight is 875 g/mol. The number of aromatic nitrogens is 3. The zero-order chi connectivity index (χ0) is 45.1. The van der Waals surface area contributed by atoms with Gasteiger partial charge >= 0.3 is 0 Å². The van der Waals surface area contributed by atoms with Gasteiger partial charge in [0.25, 0.3) is 5.91 Å². The van der Waals surface area contributed by atoms with Crippen LogP contribution in [0, 0.1) is 4.77 Å². The maximum Gasteiger partial charge on any atom is 0.273 e. The molecule has 15 nitrogen and oxygen atoms in total. The molecule has 5 rings (SSSR count). The molecule has 61 heavy (non-hydrogen) atoms. The fourth-order valence-corrected chi connectivity index (χ4v) is 7.03. The van der Waals surface area contributed by atoms with E-state index in [0.717, 1.165) is 71.8 Å². The van der Waals surface area contributed by atoms with Gasteiger partial charge in [-0.1, -0.05) is 41.5 Å². The molecule has 0 saturated carbocycles. The Bertz CT molecular complexity index is 2380. The van der Waals surface area contributed by atoms with Crippen LogP contribution in [0.1, 0.15) is 87.7 Å². The minimum atomic E-state index is -0.582. The van der Waals surface area contributed by atoms with Gasteiger partial charge in [-0.2, -0.15) is 5.10 Å². The third-order valence-electron chi connectivity index (χ3n) is 9.78. The molecule has 0 saturated heterocycles. The molecule has 0 bridgehead atoms. The van der Waals surface area contributed by atoms with Crippen molar-refractivity contribution in [3.8, 4) is 51.6 Å².